The minimum absolute atomic E-state index is 0.00160. The van der Waals surface area contributed by atoms with Crippen LogP contribution >= 0.6 is 50.9 Å². The fraction of sp³-hybridized carbons (Fsp3) is 0. The van der Waals surface area contributed by atoms with E-state index in [2.05, 4.69) is 21.2 Å². The first kappa shape index (κ1) is 13.7. The second-order valence-electron chi connectivity index (χ2n) is 3.23. The van der Waals surface area contributed by atoms with E-state index in [-0.39, 0.29) is 14.7 Å². The Morgan fingerprint density at radius 3 is 2.61 bits per heavy atom. The van der Waals surface area contributed by atoms with Crippen LogP contribution in [0.3, 0.4) is 0 Å². The lowest BCUT2D eigenvalue weighted by molar-refractivity contribution is -0.420. The normalized spacial score (nSPS) is 17.7. The van der Waals surface area contributed by atoms with Gasteiger partial charge in [-0.05, 0) is 28.1 Å². The summed E-state index contributed by atoms with van der Waals surface area (Å²) in [6, 6.07) is 7.40. The molecule has 0 saturated heterocycles. The van der Waals surface area contributed by atoms with Gasteiger partial charge in [-0.15, -0.1) is 0 Å². The van der Waals surface area contributed by atoms with Crippen LogP contribution in [0.5, 0.6) is 0 Å². The number of hydrogen-bond donors (Lipinski definition) is 1. The van der Waals surface area contributed by atoms with Crippen LogP contribution in [0.2, 0.25) is 0 Å². The first-order valence-corrected chi connectivity index (χ1v) is 7.01. The van der Waals surface area contributed by atoms with Gasteiger partial charge >= 0.3 is 5.70 Å². The van der Waals surface area contributed by atoms with Crippen LogP contribution in [0.15, 0.2) is 48.9 Å². The first-order chi connectivity index (χ1) is 8.50. The summed E-state index contributed by atoms with van der Waals surface area (Å²) >= 11 is 15.7. The molecule has 8 heteroatoms. The predicted octanol–water partition coefficient (Wildman–Crippen LogP) is 4.69. The van der Waals surface area contributed by atoms with Crippen LogP contribution in [-0.4, -0.2) is 4.92 Å². The number of rotatable bonds is 2. The number of allylic oxidation sites excluding steroid dienone is 1. The molecule has 1 aliphatic rings. The van der Waals surface area contributed by atoms with Crippen LogP contribution < -0.4 is 5.32 Å². The van der Waals surface area contributed by atoms with Crippen molar-refractivity contribution in [2.75, 3.05) is 5.32 Å². The molecule has 0 spiro atoms. The third kappa shape index (κ3) is 2.66. The molecule has 0 saturated carbocycles. The highest BCUT2D eigenvalue weighted by molar-refractivity contribution is 9.12. The van der Waals surface area contributed by atoms with Crippen LogP contribution in [0, 0.1) is 10.1 Å². The summed E-state index contributed by atoms with van der Waals surface area (Å²) in [5.41, 5.74) is 0.562. The van der Waals surface area contributed by atoms with Crippen molar-refractivity contribution < 1.29 is 4.92 Å². The summed E-state index contributed by atoms with van der Waals surface area (Å²) in [5.74, 6) is 0. The highest BCUT2D eigenvalue weighted by Crippen LogP contribution is 2.44. The molecule has 1 aliphatic heterocycles. The topological polar surface area (TPSA) is 55.2 Å². The number of nitrogens with one attached hydrogen (secondary N) is 1. The van der Waals surface area contributed by atoms with E-state index < -0.39 is 4.92 Å². The summed E-state index contributed by atoms with van der Waals surface area (Å²) in [6.45, 7) is 0. The molecule has 1 aromatic carbocycles. The van der Waals surface area contributed by atoms with Crippen molar-refractivity contribution in [3.8, 4) is 0 Å². The van der Waals surface area contributed by atoms with Crippen molar-refractivity contribution >= 4 is 56.6 Å². The van der Waals surface area contributed by atoms with Gasteiger partial charge in [-0.2, -0.15) is 0 Å². The monoisotopic (exact) mass is 366 g/mol. The maximum absolute atomic E-state index is 11.1. The third-order valence-electron chi connectivity index (χ3n) is 2.12. The zero-order chi connectivity index (χ0) is 13.3. The molecule has 4 nitrogen and oxygen atoms in total. The molecule has 2 rings (SSSR count). The number of thioether (sulfide) groups is 1. The molecule has 0 bridgehead atoms. The Labute approximate surface area is 125 Å². The molecule has 1 heterocycles. The Balaban J connectivity index is 2.49. The number of anilines is 1. The lowest BCUT2D eigenvalue weighted by Crippen LogP contribution is -2.05. The SMILES string of the molecule is O=[N+]([O-])C(/C(Cl)=C(\Cl)Br)=C1\Nc2ccccc2S1. The second kappa shape index (κ2) is 5.52. The van der Waals surface area contributed by atoms with Crippen LogP contribution in [-0.2, 0) is 0 Å². The lowest BCUT2D eigenvalue weighted by atomic mass is 10.3. The minimum atomic E-state index is -0.562. The Morgan fingerprint density at radius 2 is 2.06 bits per heavy atom. The maximum atomic E-state index is 11.1. The summed E-state index contributed by atoms with van der Waals surface area (Å²) < 4.78 is 0.00160. The Bertz CT molecular complexity index is 558. The third-order valence-corrected chi connectivity index (χ3v) is 4.47. The molecular formula is C10H5BrCl2N2O2S. The lowest BCUT2D eigenvalue weighted by Gasteiger charge is -2.02. The molecule has 0 atom stereocenters. The van der Waals surface area contributed by atoms with Gasteiger partial charge in [0, 0.05) is 4.90 Å². The van der Waals surface area contributed by atoms with Crippen LogP contribution in [0.4, 0.5) is 5.69 Å². The van der Waals surface area contributed by atoms with Crippen molar-refractivity contribution in [3.63, 3.8) is 0 Å². The minimum Gasteiger partial charge on any atom is -0.343 e. The quantitative estimate of drug-likeness (QED) is 0.608. The van der Waals surface area contributed by atoms with Gasteiger partial charge in [0.1, 0.15) is 8.97 Å². The molecule has 0 fully saturated rings. The van der Waals surface area contributed by atoms with Crippen molar-refractivity contribution in [3.05, 3.63) is 54.1 Å². The number of nitro groups is 1. The summed E-state index contributed by atoms with van der Waals surface area (Å²) in [6.07, 6.45) is 0. The van der Waals surface area contributed by atoms with Gasteiger partial charge in [-0.25, -0.2) is 0 Å². The molecule has 1 N–H and O–H groups in total. The number of para-hydroxylation sites is 1. The van der Waals surface area contributed by atoms with E-state index in [0.29, 0.717) is 5.03 Å². The van der Waals surface area contributed by atoms with E-state index in [9.17, 15) is 10.1 Å². The molecule has 0 unspecified atom stereocenters. The molecular weight excluding hydrogens is 363 g/mol. The van der Waals surface area contributed by atoms with Crippen LogP contribution in [0.1, 0.15) is 0 Å². The Morgan fingerprint density at radius 1 is 1.39 bits per heavy atom. The molecule has 94 valence electrons. The van der Waals surface area contributed by atoms with Gasteiger partial charge in [-0.1, -0.05) is 47.1 Å². The van der Waals surface area contributed by atoms with Gasteiger partial charge < -0.3 is 5.32 Å². The van der Waals surface area contributed by atoms with E-state index in [1.54, 1.807) is 0 Å². The van der Waals surface area contributed by atoms with Crippen molar-refractivity contribution in [1.29, 1.82) is 0 Å². The van der Waals surface area contributed by atoms with Gasteiger partial charge in [-0.3, -0.25) is 10.1 Å². The van der Waals surface area contributed by atoms with E-state index in [1.165, 1.54) is 11.8 Å². The maximum Gasteiger partial charge on any atom is 0.320 e. The zero-order valence-corrected chi connectivity index (χ0v) is 12.5. The zero-order valence-electron chi connectivity index (χ0n) is 8.62. The summed E-state index contributed by atoms with van der Waals surface area (Å²) in [7, 11) is 0. The molecule has 0 aromatic heterocycles. The van der Waals surface area contributed by atoms with Gasteiger partial charge in [0.05, 0.1) is 10.6 Å². The van der Waals surface area contributed by atoms with Gasteiger partial charge in [0.25, 0.3) is 0 Å². The summed E-state index contributed by atoms with van der Waals surface area (Å²) in [4.78, 5) is 11.4. The smallest absolute Gasteiger partial charge is 0.320 e. The predicted molar refractivity (Wildman–Crippen MR) is 77.6 cm³/mol. The average molecular weight is 368 g/mol. The Kier molecular flexibility index (Phi) is 4.21. The molecule has 0 aliphatic carbocycles. The average Bonchev–Trinajstić information content (AvgIpc) is 2.71. The fourth-order valence-corrected chi connectivity index (χ4v) is 2.90. The fourth-order valence-electron chi connectivity index (χ4n) is 1.38. The highest BCUT2D eigenvalue weighted by atomic mass is 79.9. The van der Waals surface area contributed by atoms with E-state index in [4.69, 9.17) is 23.2 Å². The first-order valence-electron chi connectivity index (χ1n) is 4.64. The van der Waals surface area contributed by atoms with Crippen molar-refractivity contribution in [2.45, 2.75) is 4.90 Å². The summed E-state index contributed by atoms with van der Waals surface area (Å²) in [5, 5.41) is 14.3. The van der Waals surface area contributed by atoms with Gasteiger partial charge in [0.2, 0.25) is 0 Å². The number of hydrogen-bond acceptors (Lipinski definition) is 4. The second-order valence-corrected chi connectivity index (χ2v) is 6.29. The number of fused-ring (bicyclic) bond motifs is 1. The number of nitrogens with zero attached hydrogens (tertiary/aromatic N) is 1. The molecule has 0 amide bonds. The van der Waals surface area contributed by atoms with E-state index in [0.717, 1.165) is 10.6 Å². The largest absolute Gasteiger partial charge is 0.343 e. The van der Waals surface area contributed by atoms with Gasteiger partial charge in [0.15, 0.2) is 5.03 Å². The van der Waals surface area contributed by atoms with E-state index in [1.807, 2.05) is 24.3 Å². The molecule has 1 aromatic rings. The Hall–Kier alpha value is -0.690. The standard InChI is InChI=1S/C10H5BrCl2N2O2S/c11-9(13)7(12)8(15(16)17)10-14-5-3-1-2-4-6(5)18-10/h1-4,14H/b9-7+,10-8+. The van der Waals surface area contributed by atoms with Crippen molar-refractivity contribution in [1.82, 2.24) is 0 Å². The molecule has 18 heavy (non-hydrogen) atoms. The van der Waals surface area contributed by atoms with Crippen molar-refractivity contribution in [2.24, 2.45) is 0 Å². The van der Waals surface area contributed by atoms with E-state index >= 15 is 0 Å². The highest BCUT2D eigenvalue weighted by Gasteiger charge is 2.29. The number of halogens is 3. The van der Waals surface area contributed by atoms with Crippen LogP contribution in [0.25, 0.3) is 0 Å². The molecule has 0 radical (unpaired) electrons. The number of benzene rings is 1.